The largest absolute Gasteiger partial charge is 0.478 e. The lowest BCUT2D eigenvalue weighted by Crippen LogP contribution is -2.15. The summed E-state index contributed by atoms with van der Waals surface area (Å²) in [6.07, 6.45) is 1.75. The molecule has 0 fully saturated rings. The van der Waals surface area contributed by atoms with Gasteiger partial charge < -0.3 is 10.1 Å². The van der Waals surface area contributed by atoms with E-state index in [1.165, 1.54) is 17.8 Å². The van der Waals surface area contributed by atoms with Gasteiger partial charge in [-0.1, -0.05) is 17.8 Å². The first-order valence-electron chi connectivity index (χ1n) is 6.32. The van der Waals surface area contributed by atoms with Crippen molar-refractivity contribution in [3.63, 3.8) is 0 Å². The second-order valence-corrected chi connectivity index (χ2v) is 5.49. The van der Waals surface area contributed by atoms with Gasteiger partial charge in [-0.3, -0.25) is 4.79 Å². The number of aromatic carboxylic acids is 1. The zero-order valence-corrected chi connectivity index (χ0v) is 13.0. The summed E-state index contributed by atoms with van der Waals surface area (Å²) < 4.78 is 0. The number of nitrogens with zero attached hydrogens (tertiary/aromatic N) is 2. The number of carboxylic acids is 1. The summed E-state index contributed by atoms with van der Waals surface area (Å²) in [7, 11) is 0. The Kier molecular flexibility index (Phi) is 4.33. The van der Waals surface area contributed by atoms with Crippen LogP contribution in [0.3, 0.4) is 0 Å². The number of hydrogen-bond donors (Lipinski definition) is 2. The van der Waals surface area contributed by atoms with Crippen molar-refractivity contribution >= 4 is 17.7 Å². The fourth-order valence-corrected chi connectivity index (χ4v) is 2.56. The molecule has 1 aromatic heterocycles. The number of benzene rings is 1. The zero-order valence-electron chi connectivity index (χ0n) is 12.2. The van der Waals surface area contributed by atoms with Crippen molar-refractivity contribution < 1.29 is 9.90 Å². The Morgan fingerprint density at radius 2 is 2.05 bits per heavy atom. The number of carbonyl (C=O) groups is 1. The third kappa shape index (κ3) is 2.73. The summed E-state index contributed by atoms with van der Waals surface area (Å²) in [6, 6.07) is 5.01. The molecule has 0 aliphatic carbocycles. The third-order valence-corrected chi connectivity index (χ3v) is 3.84. The Morgan fingerprint density at radius 1 is 1.36 bits per heavy atom. The van der Waals surface area contributed by atoms with Crippen LogP contribution in [-0.2, 0) is 0 Å². The minimum atomic E-state index is -1.06. The van der Waals surface area contributed by atoms with Crippen LogP contribution in [0.5, 0.6) is 0 Å². The van der Waals surface area contributed by atoms with Gasteiger partial charge in [0.1, 0.15) is 11.6 Å². The van der Waals surface area contributed by atoms with E-state index >= 15 is 0 Å². The van der Waals surface area contributed by atoms with Crippen LogP contribution >= 0.6 is 11.8 Å². The lowest BCUT2D eigenvalue weighted by atomic mass is 9.96. The van der Waals surface area contributed by atoms with Crippen LogP contribution in [0.2, 0.25) is 0 Å². The predicted octanol–water partition coefficient (Wildman–Crippen LogP) is 2.35. The summed E-state index contributed by atoms with van der Waals surface area (Å²) in [5, 5.41) is 18.8. The Morgan fingerprint density at radius 3 is 2.59 bits per heavy atom. The molecule has 1 aromatic carbocycles. The van der Waals surface area contributed by atoms with Crippen LogP contribution in [0.25, 0.3) is 11.3 Å². The molecular weight excluding hydrogens is 302 g/mol. The van der Waals surface area contributed by atoms with Crippen molar-refractivity contribution in [2.24, 2.45) is 0 Å². The SMILES string of the molecule is CSc1nc(-c2cc(C(=O)O)c(C)cc2C)c(C#N)c(=O)[nH]1. The van der Waals surface area contributed by atoms with E-state index in [0.717, 1.165) is 5.56 Å². The molecule has 0 bridgehead atoms. The molecule has 0 saturated heterocycles. The van der Waals surface area contributed by atoms with Crippen molar-refractivity contribution in [2.45, 2.75) is 19.0 Å². The zero-order chi connectivity index (χ0) is 16.4. The van der Waals surface area contributed by atoms with Gasteiger partial charge in [0.25, 0.3) is 5.56 Å². The normalized spacial score (nSPS) is 10.3. The number of thioether (sulfide) groups is 1. The molecule has 112 valence electrons. The van der Waals surface area contributed by atoms with Crippen molar-refractivity contribution in [1.29, 1.82) is 5.26 Å². The van der Waals surface area contributed by atoms with E-state index in [2.05, 4.69) is 9.97 Å². The number of nitriles is 1. The van der Waals surface area contributed by atoms with E-state index in [0.29, 0.717) is 16.3 Å². The van der Waals surface area contributed by atoms with Gasteiger partial charge in [-0.15, -0.1) is 0 Å². The van der Waals surface area contributed by atoms with E-state index in [9.17, 15) is 20.0 Å². The number of carboxylic acid groups (broad SMARTS) is 1. The molecular formula is C15H13N3O3S. The molecule has 0 spiro atoms. The highest BCUT2D eigenvalue weighted by molar-refractivity contribution is 7.98. The minimum absolute atomic E-state index is 0.122. The first-order chi connectivity index (χ1) is 10.4. The van der Waals surface area contributed by atoms with E-state index < -0.39 is 11.5 Å². The van der Waals surface area contributed by atoms with Crippen molar-refractivity contribution in [1.82, 2.24) is 9.97 Å². The predicted molar refractivity (Wildman–Crippen MR) is 83.2 cm³/mol. The standard InChI is InChI=1S/C15H13N3O3S/c1-7-4-8(2)10(14(20)21)5-9(7)12-11(6-16)13(19)18-15(17-12)22-3/h4-5H,1-3H3,(H,20,21)(H,17,18,19). The molecule has 0 aliphatic heterocycles. The van der Waals surface area contributed by atoms with Crippen LogP contribution in [0.1, 0.15) is 27.0 Å². The summed E-state index contributed by atoms with van der Waals surface area (Å²) in [5.74, 6) is -1.06. The molecule has 22 heavy (non-hydrogen) atoms. The molecule has 6 nitrogen and oxygen atoms in total. The Balaban J connectivity index is 2.85. The third-order valence-electron chi connectivity index (χ3n) is 3.26. The number of aryl methyl sites for hydroxylation is 2. The molecule has 7 heteroatoms. The van der Waals surface area contributed by atoms with Crippen LogP contribution < -0.4 is 5.56 Å². The van der Waals surface area contributed by atoms with Gasteiger partial charge in [-0.05, 0) is 37.3 Å². The Bertz CT molecular complexity index is 866. The van der Waals surface area contributed by atoms with Crippen LogP contribution in [-0.4, -0.2) is 27.3 Å². The van der Waals surface area contributed by atoms with Crippen molar-refractivity contribution in [3.05, 3.63) is 44.7 Å². The number of nitrogens with one attached hydrogen (secondary N) is 1. The summed E-state index contributed by atoms with van der Waals surface area (Å²) in [4.78, 5) is 30.1. The van der Waals surface area contributed by atoms with Crippen LogP contribution in [0, 0.1) is 25.2 Å². The molecule has 0 unspecified atom stereocenters. The molecule has 0 amide bonds. The fraction of sp³-hybridized carbons (Fsp3) is 0.200. The number of aromatic nitrogens is 2. The van der Waals surface area contributed by atoms with Gasteiger partial charge in [0.2, 0.25) is 0 Å². The van der Waals surface area contributed by atoms with Gasteiger partial charge in [0.15, 0.2) is 5.16 Å². The number of hydrogen-bond acceptors (Lipinski definition) is 5. The average molecular weight is 315 g/mol. The number of H-pyrrole nitrogens is 1. The minimum Gasteiger partial charge on any atom is -0.478 e. The van der Waals surface area contributed by atoms with Crippen molar-refractivity contribution in [2.75, 3.05) is 6.26 Å². The lowest BCUT2D eigenvalue weighted by Gasteiger charge is -2.11. The monoisotopic (exact) mass is 315 g/mol. The maximum absolute atomic E-state index is 12.0. The molecule has 2 N–H and O–H groups in total. The van der Waals surface area contributed by atoms with Gasteiger partial charge in [0, 0.05) is 5.56 Å². The maximum atomic E-state index is 12.0. The van der Waals surface area contributed by atoms with E-state index in [1.54, 1.807) is 26.2 Å². The fourth-order valence-electron chi connectivity index (χ4n) is 2.19. The second-order valence-electron chi connectivity index (χ2n) is 4.70. The van der Waals surface area contributed by atoms with E-state index in [-0.39, 0.29) is 16.8 Å². The highest BCUT2D eigenvalue weighted by Crippen LogP contribution is 2.27. The maximum Gasteiger partial charge on any atom is 0.335 e. The topological polar surface area (TPSA) is 107 Å². The number of rotatable bonds is 3. The highest BCUT2D eigenvalue weighted by Gasteiger charge is 2.18. The molecule has 0 atom stereocenters. The Labute approximate surface area is 130 Å². The number of aromatic amines is 1. The summed E-state index contributed by atoms with van der Waals surface area (Å²) in [6.45, 7) is 3.49. The lowest BCUT2D eigenvalue weighted by molar-refractivity contribution is 0.0696. The molecule has 0 radical (unpaired) electrons. The van der Waals surface area contributed by atoms with E-state index in [4.69, 9.17) is 0 Å². The van der Waals surface area contributed by atoms with Gasteiger partial charge in [0.05, 0.1) is 11.3 Å². The molecule has 2 aromatic rings. The first-order valence-corrected chi connectivity index (χ1v) is 7.54. The summed E-state index contributed by atoms with van der Waals surface area (Å²) in [5.41, 5.74) is 1.51. The first kappa shape index (κ1) is 15.8. The highest BCUT2D eigenvalue weighted by atomic mass is 32.2. The van der Waals surface area contributed by atoms with Gasteiger partial charge in [-0.25, -0.2) is 9.78 Å². The smallest absolute Gasteiger partial charge is 0.335 e. The summed E-state index contributed by atoms with van der Waals surface area (Å²) >= 11 is 1.24. The average Bonchev–Trinajstić information content (AvgIpc) is 2.46. The molecule has 2 rings (SSSR count). The van der Waals surface area contributed by atoms with Gasteiger partial charge >= 0.3 is 5.97 Å². The van der Waals surface area contributed by atoms with Crippen LogP contribution in [0.4, 0.5) is 0 Å². The van der Waals surface area contributed by atoms with Crippen LogP contribution in [0.15, 0.2) is 22.1 Å². The molecule has 1 heterocycles. The van der Waals surface area contributed by atoms with Crippen molar-refractivity contribution in [3.8, 4) is 17.3 Å². The Hall–Kier alpha value is -2.59. The second kappa shape index (κ2) is 6.03. The van der Waals surface area contributed by atoms with Gasteiger partial charge in [-0.2, -0.15) is 5.26 Å². The molecule has 0 aliphatic rings. The van der Waals surface area contributed by atoms with E-state index in [1.807, 2.05) is 6.07 Å². The molecule has 0 saturated carbocycles. The quantitative estimate of drug-likeness (QED) is 0.665.